The summed E-state index contributed by atoms with van der Waals surface area (Å²) in [5, 5.41) is 21.3. The number of anilines is 1. The SMILES string of the molecule is Cc1ccc(Cn2nc(C)c(C(=O)NCCNc3ccc([N+](=O)[O-])cc3)c2C)cc1. The Hall–Kier alpha value is -3.68. The predicted molar refractivity (Wildman–Crippen MR) is 116 cm³/mol. The van der Waals surface area contributed by atoms with Crippen molar-refractivity contribution in [2.24, 2.45) is 0 Å². The van der Waals surface area contributed by atoms with Crippen LogP contribution in [0.3, 0.4) is 0 Å². The van der Waals surface area contributed by atoms with Gasteiger partial charge in [0, 0.05) is 36.6 Å². The largest absolute Gasteiger partial charge is 0.383 e. The molecule has 8 nitrogen and oxygen atoms in total. The molecule has 0 aliphatic rings. The highest BCUT2D eigenvalue weighted by Crippen LogP contribution is 2.16. The lowest BCUT2D eigenvalue weighted by molar-refractivity contribution is -0.384. The molecule has 1 heterocycles. The van der Waals surface area contributed by atoms with E-state index >= 15 is 0 Å². The third-order valence-electron chi connectivity index (χ3n) is 4.88. The standard InChI is InChI=1S/C22H25N5O3/c1-15-4-6-18(7-5-15)14-26-17(3)21(16(2)25-26)22(28)24-13-12-23-19-8-10-20(11-9-19)27(29)30/h4-11,23H,12-14H2,1-3H3,(H,24,28). The van der Waals surface area contributed by atoms with E-state index < -0.39 is 4.92 Å². The Bertz CT molecular complexity index is 1040. The molecule has 3 rings (SSSR count). The number of nitrogens with one attached hydrogen (secondary N) is 2. The van der Waals surface area contributed by atoms with Crippen molar-refractivity contribution in [3.05, 3.63) is 86.7 Å². The van der Waals surface area contributed by atoms with Gasteiger partial charge in [-0.1, -0.05) is 29.8 Å². The molecule has 0 unspecified atom stereocenters. The molecule has 0 radical (unpaired) electrons. The van der Waals surface area contributed by atoms with E-state index in [1.54, 1.807) is 12.1 Å². The van der Waals surface area contributed by atoms with Gasteiger partial charge in [-0.2, -0.15) is 5.10 Å². The molecule has 0 fully saturated rings. The fraction of sp³-hybridized carbons (Fsp3) is 0.273. The molecule has 1 aromatic heterocycles. The van der Waals surface area contributed by atoms with Gasteiger partial charge in [-0.25, -0.2) is 0 Å². The third-order valence-corrected chi connectivity index (χ3v) is 4.88. The summed E-state index contributed by atoms with van der Waals surface area (Å²) in [6.45, 7) is 7.31. The molecule has 0 atom stereocenters. The van der Waals surface area contributed by atoms with E-state index in [9.17, 15) is 14.9 Å². The van der Waals surface area contributed by atoms with Gasteiger partial charge in [-0.3, -0.25) is 19.6 Å². The lowest BCUT2D eigenvalue weighted by Gasteiger charge is -2.09. The number of nitrogens with zero attached hydrogens (tertiary/aromatic N) is 3. The van der Waals surface area contributed by atoms with Gasteiger partial charge in [0.25, 0.3) is 11.6 Å². The van der Waals surface area contributed by atoms with Crippen molar-refractivity contribution in [1.82, 2.24) is 15.1 Å². The van der Waals surface area contributed by atoms with Crippen molar-refractivity contribution in [3.63, 3.8) is 0 Å². The number of aromatic nitrogens is 2. The highest BCUT2D eigenvalue weighted by molar-refractivity contribution is 5.96. The normalized spacial score (nSPS) is 10.6. The molecule has 8 heteroatoms. The first-order chi connectivity index (χ1) is 14.3. The van der Waals surface area contributed by atoms with E-state index in [0.29, 0.717) is 30.9 Å². The molecule has 2 N–H and O–H groups in total. The van der Waals surface area contributed by atoms with Crippen LogP contribution in [0.2, 0.25) is 0 Å². The molecule has 3 aromatic rings. The zero-order valence-corrected chi connectivity index (χ0v) is 17.3. The first-order valence-electron chi connectivity index (χ1n) is 9.71. The van der Waals surface area contributed by atoms with E-state index in [0.717, 1.165) is 16.9 Å². The number of rotatable bonds is 8. The van der Waals surface area contributed by atoms with Gasteiger partial charge in [0.1, 0.15) is 0 Å². The lowest BCUT2D eigenvalue weighted by Crippen LogP contribution is -2.29. The second-order valence-electron chi connectivity index (χ2n) is 7.18. The number of hydrogen-bond donors (Lipinski definition) is 2. The molecule has 0 saturated carbocycles. The highest BCUT2D eigenvalue weighted by Gasteiger charge is 2.18. The van der Waals surface area contributed by atoms with Crippen LogP contribution in [0, 0.1) is 30.9 Å². The van der Waals surface area contributed by atoms with Crippen molar-refractivity contribution in [1.29, 1.82) is 0 Å². The van der Waals surface area contributed by atoms with Crippen LogP contribution in [-0.4, -0.2) is 33.7 Å². The zero-order chi connectivity index (χ0) is 21.7. The summed E-state index contributed by atoms with van der Waals surface area (Å²) in [6, 6.07) is 14.4. The molecule has 2 aromatic carbocycles. The van der Waals surface area contributed by atoms with Crippen LogP contribution < -0.4 is 10.6 Å². The van der Waals surface area contributed by atoms with E-state index in [2.05, 4.69) is 40.0 Å². The van der Waals surface area contributed by atoms with Gasteiger partial charge in [-0.15, -0.1) is 0 Å². The molecule has 0 aliphatic carbocycles. The maximum Gasteiger partial charge on any atom is 0.269 e. The smallest absolute Gasteiger partial charge is 0.269 e. The summed E-state index contributed by atoms with van der Waals surface area (Å²) >= 11 is 0. The van der Waals surface area contributed by atoms with Crippen molar-refractivity contribution >= 4 is 17.3 Å². The van der Waals surface area contributed by atoms with Crippen LogP contribution in [0.4, 0.5) is 11.4 Å². The number of aryl methyl sites for hydroxylation is 2. The quantitative estimate of drug-likeness (QED) is 0.337. The Kier molecular flexibility index (Phi) is 6.46. The Labute approximate surface area is 175 Å². The number of nitro benzene ring substituents is 1. The molecule has 156 valence electrons. The fourth-order valence-electron chi connectivity index (χ4n) is 3.22. The molecule has 0 spiro atoms. The zero-order valence-electron chi connectivity index (χ0n) is 17.3. The van der Waals surface area contributed by atoms with Crippen LogP contribution in [0.25, 0.3) is 0 Å². The van der Waals surface area contributed by atoms with E-state index in [-0.39, 0.29) is 11.6 Å². The summed E-state index contributed by atoms with van der Waals surface area (Å²) in [5.41, 5.74) is 5.25. The highest BCUT2D eigenvalue weighted by atomic mass is 16.6. The minimum Gasteiger partial charge on any atom is -0.383 e. The number of amides is 1. The summed E-state index contributed by atoms with van der Waals surface area (Å²) < 4.78 is 1.85. The first-order valence-corrected chi connectivity index (χ1v) is 9.71. The summed E-state index contributed by atoms with van der Waals surface area (Å²) in [7, 11) is 0. The molecule has 0 aliphatic heterocycles. The second-order valence-corrected chi connectivity index (χ2v) is 7.18. The van der Waals surface area contributed by atoms with Gasteiger partial charge < -0.3 is 10.6 Å². The minimum atomic E-state index is -0.437. The van der Waals surface area contributed by atoms with Gasteiger partial charge in [0.05, 0.1) is 22.7 Å². The maximum atomic E-state index is 12.7. The predicted octanol–water partition coefficient (Wildman–Crippen LogP) is 3.61. The average molecular weight is 407 g/mol. The molecule has 0 bridgehead atoms. The van der Waals surface area contributed by atoms with E-state index in [4.69, 9.17) is 0 Å². The van der Waals surface area contributed by atoms with Crippen LogP contribution >= 0.6 is 0 Å². The van der Waals surface area contributed by atoms with Crippen molar-refractivity contribution in [2.75, 3.05) is 18.4 Å². The number of carbonyl (C=O) groups excluding carboxylic acids is 1. The van der Waals surface area contributed by atoms with Crippen LogP contribution in [-0.2, 0) is 6.54 Å². The topological polar surface area (TPSA) is 102 Å². The van der Waals surface area contributed by atoms with Gasteiger partial charge in [-0.05, 0) is 38.5 Å². The second kappa shape index (κ2) is 9.21. The fourth-order valence-corrected chi connectivity index (χ4v) is 3.22. The van der Waals surface area contributed by atoms with Gasteiger partial charge in [0.15, 0.2) is 0 Å². The lowest BCUT2D eigenvalue weighted by atomic mass is 10.1. The van der Waals surface area contributed by atoms with E-state index in [1.807, 2.05) is 25.5 Å². The number of carbonyl (C=O) groups is 1. The monoisotopic (exact) mass is 407 g/mol. The third kappa shape index (κ3) is 5.02. The minimum absolute atomic E-state index is 0.0439. The number of hydrogen-bond acceptors (Lipinski definition) is 5. The van der Waals surface area contributed by atoms with Crippen molar-refractivity contribution in [2.45, 2.75) is 27.3 Å². The first kappa shape index (κ1) is 21.0. The summed E-state index contributed by atoms with van der Waals surface area (Å²) in [4.78, 5) is 22.9. The molecule has 1 amide bonds. The Morgan fingerprint density at radius 3 is 2.33 bits per heavy atom. The van der Waals surface area contributed by atoms with Crippen LogP contribution in [0.5, 0.6) is 0 Å². The van der Waals surface area contributed by atoms with Gasteiger partial charge >= 0.3 is 0 Å². The average Bonchev–Trinajstić information content (AvgIpc) is 3.00. The van der Waals surface area contributed by atoms with Crippen LogP contribution in [0.15, 0.2) is 48.5 Å². The molecular weight excluding hydrogens is 382 g/mol. The van der Waals surface area contributed by atoms with Gasteiger partial charge in [0.2, 0.25) is 0 Å². The number of non-ortho nitro benzene ring substituents is 1. The molecule has 30 heavy (non-hydrogen) atoms. The maximum absolute atomic E-state index is 12.7. The van der Waals surface area contributed by atoms with Crippen molar-refractivity contribution in [3.8, 4) is 0 Å². The van der Waals surface area contributed by atoms with Crippen LogP contribution in [0.1, 0.15) is 32.9 Å². The summed E-state index contributed by atoms with van der Waals surface area (Å²) in [5.74, 6) is -0.161. The Morgan fingerprint density at radius 2 is 1.70 bits per heavy atom. The number of benzene rings is 2. The summed E-state index contributed by atoms with van der Waals surface area (Å²) in [6.07, 6.45) is 0. The number of nitro groups is 1. The van der Waals surface area contributed by atoms with E-state index in [1.165, 1.54) is 17.7 Å². The Morgan fingerprint density at radius 1 is 1.03 bits per heavy atom. The Balaban J connectivity index is 1.55. The molecule has 0 saturated heterocycles. The molecular formula is C22H25N5O3. The van der Waals surface area contributed by atoms with Crippen molar-refractivity contribution < 1.29 is 9.72 Å².